The molecule has 1 aromatic heterocycles. The number of thioether (sulfide) groups is 1. The zero-order valence-corrected chi connectivity index (χ0v) is 10.3. The summed E-state index contributed by atoms with van der Waals surface area (Å²) in [5.74, 6) is 3.40. The van der Waals surface area contributed by atoms with Crippen LogP contribution in [0.3, 0.4) is 0 Å². The Bertz CT molecular complexity index is 223. The van der Waals surface area contributed by atoms with Gasteiger partial charge in [0.05, 0.1) is 0 Å². The van der Waals surface area contributed by atoms with E-state index in [1.807, 2.05) is 0 Å². The molecule has 0 amide bonds. The molecule has 2 nitrogen and oxygen atoms in total. The normalized spacial score (nSPS) is 13.5. The van der Waals surface area contributed by atoms with Crippen LogP contribution in [0.5, 0.6) is 0 Å². The van der Waals surface area contributed by atoms with Gasteiger partial charge in [-0.2, -0.15) is 12.6 Å². The SMILES string of the molecule is CC(C)C(CS)CSc1nncs1. The molecule has 0 bridgehead atoms. The van der Waals surface area contributed by atoms with Crippen molar-refractivity contribution in [3.05, 3.63) is 5.51 Å². The maximum Gasteiger partial charge on any atom is 0.174 e. The first kappa shape index (κ1) is 11.3. The van der Waals surface area contributed by atoms with Crippen LogP contribution in [-0.2, 0) is 0 Å². The molecule has 0 aliphatic carbocycles. The molecule has 0 aliphatic heterocycles. The number of hydrogen-bond acceptors (Lipinski definition) is 5. The summed E-state index contributed by atoms with van der Waals surface area (Å²) in [4.78, 5) is 0. The Morgan fingerprint density at radius 1 is 1.62 bits per heavy atom. The monoisotopic (exact) mass is 234 g/mol. The highest BCUT2D eigenvalue weighted by atomic mass is 32.2. The third-order valence-electron chi connectivity index (χ3n) is 1.94. The van der Waals surface area contributed by atoms with Gasteiger partial charge < -0.3 is 0 Å². The Kier molecular flexibility index (Phi) is 5.13. The van der Waals surface area contributed by atoms with Crippen LogP contribution < -0.4 is 0 Å². The van der Waals surface area contributed by atoms with Gasteiger partial charge in [-0.25, -0.2) is 0 Å². The maximum atomic E-state index is 4.34. The van der Waals surface area contributed by atoms with E-state index in [1.54, 1.807) is 28.6 Å². The van der Waals surface area contributed by atoms with Crippen LogP contribution in [0.25, 0.3) is 0 Å². The van der Waals surface area contributed by atoms with Gasteiger partial charge in [0.2, 0.25) is 0 Å². The summed E-state index contributed by atoms with van der Waals surface area (Å²) in [5, 5.41) is 7.79. The van der Waals surface area contributed by atoms with E-state index in [9.17, 15) is 0 Å². The molecular weight excluding hydrogens is 220 g/mol. The lowest BCUT2D eigenvalue weighted by Crippen LogP contribution is -2.13. The van der Waals surface area contributed by atoms with E-state index in [1.165, 1.54) is 0 Å². The number of thiol groups is 1. The lowest BCUT2D eigenvalue weighted by molar-refractivity contribution is 0.473. The first-order valence-corrected chi connectivity index (χ1v) is 6.73. The van der Waals surface area contributed by atoms with Crippen molar-refractivity contribution in [2.45, 2.75) is 18.2 Å². The van der Waals surface area contributed by atoms with Crippen molar-refractivity contribution in [2.24, 2.45) is 11.8 Å². The Morgan fingerprint density at radius 3 is 2.85 bits per heavy atom. The van der Waals surface area contributed by atoms with Crippen molar-refractivity contribution in [1.82, 2.24) is 10.2 Å². The van der Waals surface area contributed by atoms with Crippen LogP contribution in [0.15, 0.2) is 9.85 Å². The molecule has 1 heterocycles. The van der Waals surface area contributed by atoms with Crippen LogP contribution in [0.2, 0.25) is 0 Å². The molecule has 0 aliphatic rings. The molecule has 5 heteroatoms. The van der Waals surface area contributed by atoms with Crippen LogP contribution in [0.4, 0.5) is 0 Å². The summed E-state index contributed by atoms with van der Waals surface area (Å²) < 4.78 is 1.06. The van der Waals surface area contributed by atoms with Crippen molar-refractivity contribution in [2.75, 3.05) is 11.5 Å². The van der Waals surface area contributed by atoms with Gasteiger partial charge in [0.25, 0.3) is 0 Å². The van der Waals surface area contributed by atoms with Gasteiger partial charge in [0, 0.05) is 5.75 Å². The van der Waals surface area contributed by atoms with E-state index in [0.29, 0.717) is 11.8 Å². The third kappa shape index (κ3) is 3.87. The predicted octanol–water partition coefficient (Wildman–Crippen LogP) is 2.83. The molecule has 1 atom stereocenters. The van der Waals surface area contributed by atoms with E-state index in [2.05, 4.69) is 36.7 Å². The predicted molar refractivity (Wildman–Crippen MR) is 62.8 cm³/mol. The summed E-state index contributed by atoms with van der Waals surface area (Å²) in [6.07, 6.45) is 0. The van der Waals surface area contributed by atoms with Crippen LogP contribution >= 0.6 is 35.7 Å². The smallest absolute Gasteiger partial charge is 0.174 e. The van der Waals surface area contributed by atoms with Crippen molar-refractivity contribution in [1.29, 1.82) is 0 Å². The van der Waals surface area contributed by atoms with Gasteiger partial charge in [-0.05, 0) is 17.6 Å². The van der Waals surface area contributed by atoms with E-state index in [0.717, 1.165) is 15.8 Å². The average molecular weight is 234 g/mol. The fourth-order valence-corrected chi connectivity index (χ4v) is 3.43. The van der Waals surface area contributed by atoms with E-state index in [4.69, 9.17) is 0 Å². The molecular formula is C8H14N2S3. The molecule has 0 aromatic carbocycles. The van der Waals surface area contributed by atoms with Gasteiger partial charge >= 0.3 is 0 Å². The first-order valence-electron chi connectivity index (χ1n) is 4.24. The topological polar surface area (TPSA) is 25.8 Å². The second kappa shape index (κ2) is 5.88. The van der Waals surface area contributed by atoms with Gasteiger partial charge in [-0.3, -0.25) is 0 Å². The number of hydrogen-bond donors (Lipinski definition) is 1. The molecule has 0 saturated carbocycles. The Balaban J connectivity index is 2.32. The van der Waals surface area contributed by atoms with E-state index >= 15 is 0 Å². The minimum absolute atomic E-state index is 0.664. The summed E-state index contributed by atoms with van der Waals surface area (Å²) in [5.41, 5.74) is 1.77. The fraction of sp³-hybridized carbons (Fsp3) is 0.750. The zero-order chi connectivity index (χ0) is 9.68. The summed E-state index contributed by atoms with van der Waals surface area (Å²) in [6.45, 7) is 4.48. The first-order chi connectivity index (χ1) is 6.24. The van der Waals surface area contributed by atoms with Gasteiger partial charge in [-0.1, -0.05) is 36.9 Å². The molecule has 0 radical (unpaired) electrons. The molecule has 1 unspecified atom stereocenters. The highest BCUT2D eigenvalue weighted by Crippen LogP contribution is 2.25. The summed E-state index contributed by atoms with van der Waals surface area (Å²) in [6, 6.07) is 0. The van der Waals surface area contributed by atoms with Crippen LogP contribution in [0.1, 0.15) is 13.8 Å². The third-order valence-corrected chi connectivity index (χ3v) is 4.46. The number of aromatic nitrogens is 2. The minimum atomic E-state index is 0.664. The highest BCUT2D eigenvalue weighted by molar-refractivity contribution is 8.01. The number of nitrogens with zero attached hydrogens (tertiary/aromatic N) is 2. The van der Waals surface area contributed by atoms with Gasteiger partial charge in [-0.15, -0.1) is 10.2 Å². The molecule has 0 N–H and O–H groups in total. The average Bonchev–Trinajstić information content (AvgIpc) is 2.57. The van der Waals surface area contributed by atoms with Crippen molar-refractivity contribution < 1.29 is 0 Å². The van der Waals surface area contributed by atoms with Gasteiger partial charge in [0.1, 0.15) is 5.51 Å². The second-order valence-corrected chi connectivity index (χ2v) is 5.67. The molecule has 13 heavy (non-hydrogen) atoms. The number of rotatable bonds is 5. The quantitative estimate of drug-likeness (QED) is 0.626. The second-order valence-electron chi connectivity index (χ2n) is 3.20. The molecule has 0 spiro atoms. The Morgan fingerprint density at radius 2 is 2.38 bits per heavy atom. The van der Waals surface area contributed by atoms with Crippen LogP contribution in [0, 0.1) is 11.8 Å². The lowest BCUT2D eigenvalue weighted by Gasteiger charge is -2.16. The summed E-state index contributed by atoms with van der Waals surface area (Å²) >= 11 is 7.73. The van der Waals surface area contributed by atoms with E-state index in [-0.39, 0.29) is 0 Å². The molecule has 1 aromatic rings. The van der Waals surface area contributed by atoms with Crippen molar-refractivity contribution >= 4 is 35.7 Å². The standard InChI is InChI=1S/C8H14N2S3/c1-6(2)7(3-11)4-12-8-10-9-5-13-8/h5-7,11H,3-4H2,1-2H3. The molecule has 1 rings (SSSR count). The zero-order valence-electron chi connectivity index (χ0n) is 7.80. The highest BCUT2D eigenvalue weighted by Gasteiger charge is 2.12. The van der Waals surface area contributed by atoms with Crippen LogP contribution in [-0.4, -0.2) is 21.7 Å². The van der Waals surface area contributed by atoms with E-state index < -0.39 is 0 Å². The largest absolute Gasteiger partial charge is 0.179 e. The maximum absolute atomic E-state index is 4.34. The molecule has 0 saturated heterocycles. The lowest BCUT2D eigenvalue weighted by atomic mass is 10.0. The van der Waals surface area contributed by atoms with Gasteiger partial charge in [0.15, 0.2) is 4.34 Å². The fourth-order valence-electron chi connectivity index (χ4n) is 0.860. The minimum Gasteiger partial charge on any atom is -0.179 e. The Hall–Kier alpha value is 0.260. The van der Waals surface area contributed by atoms with Crippen molar-refractivity contribution in [3.8, 4) is 0 Å². The summed E-state index contributed by atoms with van der Waals surface area (Å²) in [7, 11) is 0. The van der Waals surface area contributed by atoms with Crippen molar-refractivity contribution in [3.63, 3.8) is 0 Å². The molecule has 0 fully saturated rings. The Labute approximate surface area is 92.9 Å². The molecule has 74 valence electrons.